The van der Waals surface area contributed by atoms with Gasteiger partial charge in [0.1, 0.15) is 0 Å². The van der Waals surface area contributed by atoms with Crippen LogP contribution >= 0.6 is 31.9 Å². The number of nitro groups is 1. The van der Waals surface area contributed by atoms with E-state index in [0.29, 0.717) is 14.5 Å². The maximum absolute atomic E-state index is 11.0. The van der Waals surface area contributed by atoms with E-state index < -0.39 is 4.92 Å². The molecule has 0 aromatic heterocycles. The average molecular weight is 323 g/mol. The Morgan fingerprint density at radius 1 is 1.36 bits per heavy atom. The first-order chi connectivity index (χ1) is 6.43. The molecule has 74 valence electrons. The van der Waals surface area contributed by atoms with Crippen molar-refractivity contribution >= 4 is 43.3 Å². The van der Waals surface area contributed by atoms with Gasteiger partial charge in [0.2, 0.25) is 0 Å². The van der Waals surface area contributed by atoms with Crippen LogP contribution in [0, 0.1) is 10.1 Å². The van der Waals surface area contributed by atoms with Crippen LogP contribution in [0.3, 0.4) is 0 Å². The minimum absolute atomic E-state index is 0.0741. The van der Waals surface area contributed by atoms with Gasteiger partial charge in [0.25, 0.3) is 5.69 Å². The van der Waals surface area contributed by atoms with Gasteiger partial charge in [0, 0.05) is 5.56 Å². The third kappa shape index (κ3) is 2.19. The number of Topliss-reactive ketones (excluding diaryl/α,β-unsaturated/α-hetero) is 1. The number of hydrogen-bond acceptors (Lipinski definition) is 3. The summed E-state index contributed by atoms with van der Waals surface area (Å²) in [4.78, 5) is 21.1. The van der Waals surface area contributed by atoms with E-state index in [9.17, 15) is 14.9 Å². The lowest BCUT2D eigenvalue weighted by Crippen LogP contribution is -1.96. The number of nitro benzene ring substituents is 1. The van der Waals surface area contributed by atoms with Gasteiger partial charge >= 0.3 is 0 Å². The van der Waals surface area contributed by atoms with E-state index >= 15 is 0 Å². The predicted molar refractivity (Wildman–Crippen MR) is 58.5 cm³/mol. The van der Waals surface area contributed by atoms with Crippen LogP contribution in [-0.2, 0) is 0 Å². The third-order valence-electron chi connectivity index (χ3n) is 1.61. The van der Waals surface area contributed by atoms with Gasteiger partial charge in [-0.05, 0) is 50.9 Å². The maximum atomic E-state index is 11.0. The molecule has 1 rings (SSSR count). The molecule has 0 unspecified atom stereocenters. The molecule has 0 aliphatic heterocycles. The third-order valence-corrected chi connectivity index (χ3v) is 2.81. The minimum atomic E-state index is -0.516. The SMILES string of the molecule is CC(=O)c1cc(Br)c([N+](=O)[O-])c(Br)c1. The first kappa shape index (κ1) is 11.3. The van der Waals surface area contributed by atoms with Crippen molar-refractivity contribution in [2.24, 2.45) is 0 Å². The van der Waals surface area contributed by atoms with Crippen LogP contribution in [0.4, 0.5) is 5.69 Å². The van der Waals surface area contributed by atoms with Crippen molar-refractivity contribution in [3.63, 3.8) is 0 Å². The normalized spacial score (nSPS) is 9.93. The molecule has 0 bridgehead atoms. The number of rotatable bonds is 2. The summed E-state index contributed by atoms with van der Waals surface area (Å²) in [6.45, 7) is 1.40. The highest BCUT2D eigenvalue weighted by Gasteiger charge is 2.18. The molecule has 0 heterocycles. The summed E-state index contributed by atoms with van der Waals surface area (Å²) in [5.41, 5.74) is 0.351. The number of carbonyl (C=O) groups excluding carboxylic acids is 1. The lowest BCUT2D eigenvalue weighted by molar-refractivity contribution is -0.386. The van der Waals surface area contributed by atoms with E-state index in [0.717, 1.165) is 0 Å². The largest absolute Gasteiger partial charge is 0.297 e. The Labute approximate surface area is 96.7 Å². The summed E-state index contributed by atoms with van der Waals surface area (Å²) in [6.07, 6.45) is 0. The van der Waals surface area contributed by atoms with Gasteiger partial charge in [-0.3, -0.25) is 14.9 Å². The number of ketones is 1. The molecule has 6 heteroatoms. The quantitative estimate of drug-likeness (QED) is 0.476. The molecule has 0 amide bonds. The molecule has 0 aliphatic rings. The molecule has 14 heavy (non-hydrogen) atoms. The van der Waals surface area contributed by atoms with Crippen LogP contribution in [0.25, 0.3) is 0 Å². The molecule has 0 radical (unpaired) electrons. The summed E-state index contributed by atoms with van der Waals surface area (Å²) in [5.74, 6) is -0.138. The number of halogens is 2. The van der Waals surface area contributed by atoms with Crippen LogP contribution in [0.2, 0.25) is 0 Å². The lowest BCUT2D eigenvalue weighted by Gasteiger charge is -2.01. The minimum Gasteiger partial charge on any atom is -0.295 e. The molecular weight excluding hydrogens is 318 g/mol. The summed E-state index contributed by atoms with van der Waals surface area (Å²) in [7, 11) is 0. The molecule has 0 N–H and O–H groups in total. The fourth-order valence-electron chi connectivity index (χ4n) is 0.943. The fourth-order valence-corrected chi connectivity index (χ4v) is 2.42. The smallest absolute Gasteiger partial charge is 0.295 e. The standard InChI is InChI=1S/C8H5Br2NO3/c1-4(12)5-2-6(9)8(11(13)14)7(10)3-5/h2-3H,1H3. The molecule has 1 aromatic carbocycles. The van der Waals surface area contributed by atoms with Crippen molar-refractivity contribution in [1.29, 1.82) is 0 Å². The van der Waals surface area contributed by atoms with E-state index in [4.69, 9.17) is 0 Å². The Hall–Kier alpha value is -0.750. The second-order valence-corrected chi connectivity index (χ2v) is 4.31. The second kappa shape index (κ2) is 4.18. The topological polar surface area (TPSA) is 60.2 Å². The van der Waals surface area contributed by atoms with Gasteiger partial charge in [0.15, 0.2) is 5.78 Å². The fraction of sp³-hybridized carbons (Fsp3) is 0.125. The highest BCUT2D eigenvalue weighted by Crippen LogP contribution is 2.34. The first-order valence-corrected chi connectivity index (χ1v) is 5.16. The predicted octanol–water partition coefficient (Wildman–Crippen LogP) is 3.32. The first-order valence-electron chi connectivity index (χ1n) is 3.58. The zero-order valence-electron chi connectivity index (χ0n) is 7.08. The van der Waals surface area contributed by atoms with Crippen LogP contribution in [-0.4, -0.2) is 10.7 Å². The van der Waals surface area contributed by atoms with E-state index in [1.165, 1.54) is 19.1 Å². The van der Waals surface area contributed by atoms with E-state index in [2.05, 4.69) is 31.9 Å². The van der Waals surface area contributed by atoms with Crippen LogP contribution < -0.4 is 0 Å². The van der Waals surface area contributed by atoms with E-state index in [1.807, 2.05) is 0 Å². The molecule has 4 nitrogen and oxygen atoms in total. The summed E-state index contributed by atoms with van der Waals surface area (Å²) < 4.78 is 0.587. The van der Waals surface area contributed by atoms with Crippen molar-refractivity contribution in [2.45, 2.75) is 6.92 Å². The number of nitrogens with zero attached hydrogens (tertiary/aromatic N) is 1. The van der Waals surface area contributed by atoms with Crippen molar-refractivity contribution < 1.29 is 9.72 Å². The van der Waals surface area contributed by atoms with Crippen LogP contribution in [0.5, 0.6) is 0 Å². The van der Waals surface area contributed by atoms with Gasteiger partial charge in [-0.15, -0.1) is 0 Å². The highest BCUT2D eigenvalue weighted by molar-refractivity contribution is 9.11. The van der Waals surface area contributed by atoms with Crippen molar-refractivity contribution in [2.75, 3.05) is 0 Å². The molecule has 0 atom stereocenters. The Bertz CT molecular complexity index is 394. The van der Waals surface area contributed by atoms with Crippen molar-refractivity contribution in [3.05, 3.63) is 36.8 Å². The van der Waals surface area contributed by atoms with Gasteiger partial charge < -0.3 is 0 Å². The summed E-state index contributed by atoms with van der Waals surface area (Å²) >= 11 is 6.09. The Morgan fingerprint density at radius 2 is 1.79 bits per heavy atom. The molecule has 0 spiro atoms. The zero-order chi connectivity index (χ0) is 10.9. The van der Waals surface area contributed by atoms with Gasteiger partial charge in [0.05, 0.1) is 13.9 Å². The monoisotopic (exact) mass is 321 g/mol. The number of benzene rings is 1. The van der Waals surface area contributed by atoms with Gasteiger partial charge in [-0.2, -0.15) is 0 Å². The van der Waals surface area contributed by atoms with Crippen LogP contribution in [0.15, 0.2) is 21.1 Å². The molecule has 1 aromatic rings. The number of carbonyl (C=O) groups is 1. The Kier molecular flexibility index (Phi) is 3.38. The van der Waals surface area contributed by atoms with Gasteiger partial charge in [-0.25, -0.2) is 0 Å². The second-order valence-electron chi connectivity index (χ2n) is 2.60. The maximum Gasteiger partial charge on any atom is 0.297 e. The average Bonchev–Trinajstić information content (AvgIpc) is 2.01. The molecule has 0 saturated heterocycles. The van der Waals surface area contributed by atoms with Gasteiger partial charge in [-0.1, -0.05) is 0 Å². The summed E-state index contributed by atoms with van der Waals surface area (Å²) in [5, 5.41) is 10.6. The zero-order valence-corrected chi connectivity index (χ0v) is 10.3. The molecule has 0 aliphatic carbocycles. The molecule has 0 fully saturated rings. The molecule has 0 saturated carbocycles. The number of hydrogen-bond donors (Lipinski definition) is 0. The van der Waals surface area contributed by atoms with E-state index in [1.54, 1.807) is 0 Å². The lowest BCUT2D eigenvalue weighted by atomic mass is 10.1. The molecular formula is C8H5Br2NO3. The Morgan fingerprint density at radius 3 is 2.07 bits per heavy atom. The van der Waals surface area contributed by atoms with Crippen molar-refractivity contribution in [1.82, 2.24) is 0 Å². The Balaban J connectivity index is 3.39. The van der Waals surface area contributed by atoms with Crippen LogP contribution in [0.1, 0.15) is 17.3 Å². The summed E-state index contributed by atoms with van der Waals surface area (Å²) in [6, 6.07) is 2.87. The van der Waals surface area contributed by atoms with Crippen molar-refractivity contribution in [3.8, 4) is 0 Å². The van der Waals surface area contributed by atoms with E-state index in [-0.39, 0.29) is 11.5 Å². The highest BCUT2D eigenvalue weighted by atomic mass is 79.9.